The van der Waals surface area contributed by atoms with E-state index >= 15 is 0 Å². The molecular formula is C15H20N4O. The topological polar surface area (TPSA) is 52.0 Å². The Morgan fingerprint density at radius 2 is 2.15 bits per heavy atom. The minimum absolute atomic E-state index is 0.432. The minimum Gasteiger partial charge on any atom is -0.383 e. The van der Waals surface area contributed by atoms with E-state index in [-0.39, 0.29) is 0 Å². The van der Waals surface area contributed by atoms with Crippen LogP contribution in [0.3, 0.4) is 0 Å². The maximum absolute atomic E-state index is 5.29. The van der Waals surface area contributed by atoms with Gasteiger partial charge in [-0.2, -0.15) is 5.10 Å². The lowest BCUT2D eigenvalue weighted by atomic mass is 10.1. The first kappa shape index (κ1) is 13.1. The molecule has 20 heavy (non-hydrogen) atoms. The molecule has 1 atom stereocenters. The summed E-state index contributed by atoms with van der Waals surface area (Å²) in [5.41, 5.74) is 2.37. The van der Waals surface area contributed by atoms with E-state index < -0.39 is 0 Å². The Hall–Kier alpha value is -1.88. The van der Waals surface area contributed by atoms with Crippen molar-refractivity contribution in [3.8, 4) is 0 Å². The summed E-state index contributed by atoms with van der Waals surface area (Å²) in [7, 11) is 1.76. The molecule has 1 aromatic heterocycles. The Kier molecular flexibility index (Phi) is 3.97. The fourth-order valence-corrected chi connectivity index (χ4v) is 2.40. The Bertz CT molecular complexity index is 519. The summed E-state index contributed by atoms with van der Waals surface area (Å²) in [5.74, 6) is 0.768. The SMILES string of the molecule is COCC(Nc1ccc(Cn2cncn2)cc1)C1CC1. The number of rotatable bonds is 7. The molecule has 1 N–H and O–H groups in total. The van der Waals surface area contributed by atoms with E-state index in [4.69, 9.17) is 4.74 Å². The van der Waals surface area contributed by atoms with Crippen LogP contribution in [0, 0.1) is 5.92 Å². The fraction of sp³-hybridized carbons (Fsp3) is 0.467. The average Bonchev–Trinajstić information content (AvgIpc) is 3.19. The maximum Gasteiger partial charge on any atom is 0.137 e. The van der Waals surface area contributed by atoms with Crippen LogP contribution in [0.5, 0.6) is 0 Å². The fourth-order valence-electron chi connectivity index (χ4n) is 2.40. The number of hydrogen-bond donors (Lipinski definition) is 1. The summed E-state index contributed by atoms with van der Waals surface area (Å²) in [6.45, 7) is 1.52. The van der Waals surface area contributed by atoms with E-state index in [2.05, 4.69) is 39.7 Å². The molecule has 1 saturated carbocycles. The third kappa shape index (κ3) is 3.36. The zero-order valence-corrected chi connectivity index (χ0v) is 11.7. The van der Waals surface area contributed by atoms with Crippen molar-refractivity contribution < 1.29 is 4.74 Å². The lowest BCUT2D eigenvalue weighted by Gasteiger charge is -2.18. The normalized spacial score (nSPS) is 16.1. The molecule has 2 aromatic rings. The van der Waals surface area contributed by atoms with Gasteiger partial charge in [0.1, 0.15) is 12.7 Å². The van der Waals surface area contributed by atoms with Crippen molar-refractivity contribution in [3.63, 3.8) is 0 Å². The van der Waals surface area contributed by atoms with Crippen LogP contribution < -0.4 is 5.32 Å². The van der Waals surface area contributed by atoms with Gasteiger partial charge in [0.25, 0.3) is 0 Å². The quantitative estimate of drug-likeness (QED) is 0.839. The number of benzene rings is 1. The van der Waals surface area contributed by atoms with Gasteiger partial charge >= 0.3 is 0 Å². The molecule has 0 amide bonds. The summed E-state index contributed by atoms with van der Waals surface area (Å²) in [6, 6.07) is 8.93. The molecule has 5 heteroatoms. The lowest BCUT2D eigenvalue weighted by Crippen LogP contribution is -2.27. The Morgan fingerprint density at radius 1 is 1.35 bits per heavy atom. The van der Waals surface area contributed by atoms with E-state index in [0.717, 1.165) is 24.8 Å². The molecule has 0 radical (unpaired) electrons. The molecule has 1 heterocycles. The van der Waals surface area contributed by atoms with Gasteiger partial charge in [0.05, 0.1) is 19.2 Å². The molecule has 1 aliphatic rings. The van der Waals surface area contributed by atoms with Gasteiger partial charge in [-0.1, -0.05) is 12.1 Å². The Morgan fingerprint density at radius 3 is 2.75 bits per heavy atom. The van der Waals surface area contributed by atoms with Gasteiger partial charge in [-0.3, -0.25) is 0 Å². The molecule has 1 unspecified atom stereocenters. The smallest absolute Gasteiger partial charge is 0.137 e. The second-order valence-electron chi connectivity index (χ2n) is 5.33. The predicted molar refractivity (Wildman–Crippen MR) is 77.6 cm³/mol. The van der Waals surface area contributed by atoms with Crippen LogP contribution in [0.15, 0.2) is 36.9 Å². The highest BCUT2D eigenvalue weighted by Gasteiger charge is 2.30. The molecule has 5 nitrogen and oxygen atoms in total. The van der Waals surface area contributed by atoms with Crippen LogP contribution in [0.25, 0.3) is 0 Å². The molecule has 0 aliphatic heterocycles. The zero-order valence-electron chi connectivity index (χ0n) is 11.7. The van der Waals surface area contributed by atoms with E-state index in [1.165, 1.54) is 18.4 Å². The molecule has 106 valence electrons. The van der Waals surface area contributed by atoms with E-state index in [1.54, 1.807) is 19.8 Å². The van der Waals surface area contributed by atoms with Gasteiger partial charge in [0.2, 0.25) is 0 Å². The highest BCUT2D eigenvalue weighted by molar-refractivity contribution is 5.45. The molecule has 3 rings (SSSR count). The second kappa shape index (κ2) is 6.05. The van der Waals surface area contributed by atoms with Crippen molar-refractivity contribution in [3.05, 3.63) is 42.5 Å². The summed E-state index contributed by atoms with van der Waals surface area (Å²) in [6.07, 6.45) is 5.91. The third-order valence-electron chi connectivity index (χ3n) is 3.65. The van der Waals surface area contributed by atoms with Crippen molar-refractivity contribution in [1.29, 1.82) is 0 Å². The molecule has 1 fully saturated rings. The number of nitrogens with zero attached hydrogens (tertiary/aromatic N) is 3. The molecule has 0 saturated heterocycles. The largest absolute Gasteiger partial charge is 0.383 e. The molecule has 0 spiro atoms. The number of hydrogen-bond acceptors (Lipinski definition) is 4. The van der Waals surface area contributed by atoms with Gasteiger partial charge < -0.3 is 10.1 Å². The van der Waals surface area contributed by atoms with E-state index in [9.17, 15) is 0 Å². The number of nitrogens with one attached hydrogen (secondary N) is 1. The zero-order chi connectivity index (χ0) is 13.8. The van der Waals surface area contributed by atoms with Crippen molar-refractivity contribution >= 4 is 5.69 Å². The number of methoxy groups -OCH3 is 1. The number of ether oxygens (including phenoxy) is 1. The van der Waals surface area contributed by atoms with Crippen molar-refractivity contribution in [2.75, 3.05) is 19.0 Å². The predicted octanol–water partition coefficient (Wildman–Crippen LogP) is 2.16. The van der Waals surface area contributed by atoms with Crippen LogP contribution in [0.2, 0.25) is 0 Å². The summed E-state index contributed by atoms with van der Waals surface area (Å²) in [5, 5.41) is 7.68. The van der Waals surface area contributed by atoms with Gasteiger partial charge in [-0.25, -0.2) is 9.67 Å². The van der Waals surface area contributed by atoms with Crippen molar-refractivity contribution in [2.45, 2.75) is 25.4 Å². The Labute approximate surface area is 119 Å². The summed E-state index contributed by atoms with van der Waals surface area (Å²) < 4.78 is 7.11. The standard InChI is InChI=1S/C15H20N4O/c1-20-9-15(13-4-5-13)18-14-6-2-12(3-7-14)8-19-11-16-10-17-19/h2-3,6-7,10-11,13,15,18H,4-5,8-9H2,1H3. The van der Waals surface area contributed by atoms with Crippen LogP contribution in [0.4, 0.5) is 5.69 Å². The van der Waals surface area contributed by atoms with Crippen LogP contribution in [-0.2, 0) is 11.3 Å². The number of anilines is 1. The van der Waals surface area contributed by atoms with Crippen molar-refractivity contribution in [2.24, 2.45) is 5.92 Å². The third-order valence-corrected chi connectivity index (χ3v) is 3.65. The highest BCUT2D eigenvalue weighted by atomic mass is 16.5. The first-order chi connectivity index (χ1) is 9.85. The van der Waals surface area contributed by atoms with Gasteiger partial charge in [-0.15, -0.1) is 0 Å². The van der Waals surface area contributed by atoms with Gasteiger partial charge in [0.15, 0.2) is 0 Å². The first-order valence-electron chi connectivity index (χ1n) is 7.02. The molecular weight excluding hydrogens is 252 g/mol. The molecule has 1 aromatic carbocycles. The molecule has 0 bridgehead atoms. The highest BCUT2D eigenvalue weighted by Crippen LogP contribution is 2.34. The molecule has 1 aliphatic carbocycles. The first-order valence-corrected chi connectivity index (χ1v) is 7.02. The van der Waals surface area contributed by atoms with E-state index in [1.807, 2.05) is 4.68 Å². The van der Waals surface area contributed by atoms with Crippen LogP contribution >= 0.6 is 0 Å². The van der Waals surface area contributed by atoms with Gasteiger partial charge in [0, 0.05) is 12.8 Å². The lowest BCUT2D eigenvalue weighted by molar-refractivity contribution is 0.179. The van der Waals surface area contributed by atoms with E-state index in [0.29, 0.717) is 6.04 Å². The second-order valence-corrected chi connectivity index (χ2v) is 5.33. The van der Waals surface area contributed by atoms with Gasteiger partial charge in [-0.05, 0) is 36.5 Å². The van der Waals surface area contributed by atoms with Crippen LogP contribution in [-0.4, -0.2) is 34.5 Å². The van der Waals surface area contributed by atoms with Crippen LogP contribution in [0.1, 0.15) is 18.4 Å². The summed E-state index contributed by atoms with van der Waals surface area (Å²) in [4.78, 5) is 3.95. The number of aromatic nitrogens is 3. The average molecular weight is 272 g/mol. The van der Waals surface area contributed by atoms with Crippen molar-refractivity contribution in [1.82, 2.24) is 14.8 Å². The Balaban J connectivity index is 1.60. The monoisotopic (exact) mass is 272 g/mol. The minimum atomic E-state index is 0.432. The summed E-state index contributed by atoms with van der Waals surface area (Å²) >= 11 is 0. The maximum atomic E-state index is 5.29.